The molecule has 0 radical (unpaired) electrons. The highest BCUT2D eigenvalue weighted by Gasteiger charge is 2.15. The first-order valence-electron chi connectivity index (χ1n) is 6.47. The maximum atomic E-state index is 12.5. The molecule has 1 N–H and O–H groups in total. The molecule has 112 valence electrons. The number of nitrogens with zero attached hydrogens (tertiary/aromatic N) is 1. The van der Waals surface area contributed by atoms with Gasteiger partial charge in [-0.05, 0) is 36.4 Å². The Balaban J connectivity index is 1.99. The van der Waals surface area contributed by atoms with Crippen LogP contribution in [-0.4, -0.2) is 10.5 Å². The minimum Gasteiger partial charge on any atom is -0.340 e. The van der Waals surface area contributed by atoms with Gasteiger partial charge in [-0.1, -0.05) is 40.9 Å². The molecule has 0 spiro atoms. The fraction of sp³-hybridized carbons (Fsp3) is 0.0625. The van der Waals surface area contributed by atoms with Crippen molar-refractivity contribution in [3.8, 4) is 0 Å². The molecule has 0 saturated heterocycles. The summed E-state index contributed by atoms with van der Waals surface area (Å²) in [7, 11) is 1.81. The molecule has 0 saturated carbocycles. The van der Waals surface area contributed by atoms with Crippen molar-refractivity contribution >= 4 is 57.3 Å². The summed E-state index contributed by atoms with van der Waals surface area (Å²) in [4.78, 5) is 12.5. The van der Waals surface area contributed by atoms with Gasteiger partial charge in [-0.3, -0.25) is 4.79 Å². The summed E-state index contributed by atoms with van der Waals surface area (Å²) < 4.78 is 1.79. The largest absolute Gasteiger partial charge is 0.340 e. The number of halogens is 3. The third-order valence-corrected chi connectivity index (χ3v) is 4.22. The van der Waals surface area contributed by atoms with E-state index in [9.17, 15) is 4.79 Å². The second-order valence-corrected chi connectivity index (χ2v) is 6.15. The molecule has 0 atom stereocenters. The Morgan fingerprint density at radius 2 is 1.68 bits per heavy atom. The van der Waals surface area contributed by atoms with E-state index in [1.165, 1.54) is 0 Å². The van der Waals surface area contributed by atoms with Crippen LogP contribution in [-0.2, 0) is 7.05 Å². The van der Waals surface area contributed by atoms with Gasteiger partial charge in [0.15, 0.2) is 0 Å². The van der Waals surface area contributed by atoms with Crippen molar-refractivity contribution in [1.82, 2.24) is 4.57 Å². The van der Waals surface area contributed by atoms with E-state index in [1.54, 1.807) is 34.9 Å². The van der Waals surface area contributed by atoms with Crippen LogP contribution in [0.2, 0.25) is 15.1 Å². The Hall–Kier alpha value is -1.68. The molecule has 1 heterocycles. The normalized spacial score (nSPS) is 10.9. The smallest absolute Gasteiger partial charge is 0.272 e. The predicted molar refractivity (Wildman–Crippen MR) is 92.3 cm³/mol. The second-order valence-electron chi connectivity index (χ2n) is 4.87. The van der Waals surface area contributed by atoms with Crippen molar-refractivity contribution in [3.63, 3.8) is 0 Å². The van der Waals surface area contributed by atoms with Crippen molar-refractivity contribution in [2.24, 2.45) is 7.05 Å². The SMILES string of the molecule is Cn1c(C(=O)Nc2cc(Cl)ccc2Cl)cc2ccc(Cl)cc21. The fourth-order valence-electron chi connectivity index (χ4n) is 2.30. The maximum Gasteiger partial charge on any atom is 0.272 e. The second kappa shape index (κ2) is 5.84. The minimum atomic E-state index is -0.265. The number of amides is 1. The first-order valence-corrected chi connectivity index (χ1v) is 7.60. The number of rotatable bonds is 2. The van der Waals surface area contributed by atoms with E-state index in [1.807, 2.05) is 19.2 Å². The van der Waals surface area contributed by atoms with Crippen LogP contribution in [0.25, 0.3) is 10.9 Å². The quantitative estimate of drug-likeness (QED) is 0.658. The number of hydrogen-bond acceptors (Lipinski definition) is 1. The van der Waals surface area contributed by atoms with Crippen molar-refractivity contribution in [2.45, 2.75) is 0 Å². The molecule has 0 aliphatic heterocycles. The van der Waals surface area contributed by atoms with Gasteiger partial charge in [-0.2, -0.15) is 0 Å². The van der Waals surface area contributed by atoms with Crippen LogP contribution >= 0.6 is 34.8 Å². The van der Waals surface area contributed by atoms with Crippen LogP contribution in [0.15, 0.2) is 42.5 Å². The zero-order valence-electron chi connectivity index (χ0n) is 11.5. The van der Waals surface area contributed by atoms with Crippen LogP contribution in [0.4, 0.5) is 5.69 Å². The molecule has 6 heteroatoms. The summed E-state index contributed by atoms with van der Waals surface area (Å²) in [6.07, 6.45) is 0. The summed E-state index contributed by atoms with van der Waals surface area (Å²) in [5.74, 6) is -0.265. The molecule has 0 aliphatic carbocycles. The molecule has 22 heavy (non-hydrogen) atoms. The number of fused-ring (bicyclic) bond motifs is 1. The van der Waals surface area contributed by atoms with Crippen molar-refractivity contribution in [1.29, 1.82) is 0 Å². The number of aromatic nitrogens is 1. The number of anilines is 1. The van der Waals surface area contributed by atoms with Crippen LogP contribution in [0, 0.1) is 0 Å². The highest BCUT2D eigenvalue weighted by molar-refractivity contribution is 6.36. The number of carbonyl (C=O) groups excluding carboxylic acids is 1. The molecule has 3 nitrogen and oxygen atoms in total. The molecule has 2 aromatic carbocycles. The average molecular weight is 354 g/mol. The van der Waals surface area contributed by atoms with E-state index in [0.717, 1.165) is 10.9 Å². The van der Waals surface area contributed by atoms with Gasteiger partial charge in [0.05, 0.1) is 10.7 Å². The van der Waals surface area contributed by atoms with Gasteiger partial charge in [0.25, 0.3) is 5.91 Å². The first kappa shape index (κ1) is 15.2. The monoisotopic (exact) mass is 352 g/mol. The zero-order valence-corrected chi connectivity index (χ0v) is 13.8. The van der Waals surface area contributed by atoms with E-state index in [2.05, 4.69) is 5.32 Å². The summed E-state index contributed by atoms with van der Waals surface area (Å²) >= 11 is 18.0. The number of aryl methyl sites for hydroxylation is 1. The lowest BCUT2D eigenvalue weighted by molar-refractivity contribution is 0.102. The molecule has 0 unspecified atom stereocenters. The molecular weight excluding hydrogens is 343 g/mol. The van der Waals surface area contributed by atoms with Crippen LogP contribution in [0.1, 0.15) is 10.5 Å². The van der Waals surface area contributed by atoms with E-state index < -0.39 is 0 Å². The van der Waals surface area contributed by atoms with Gasteiger partial charge in [0.1, 0.15) is 5.69 Å². The maximum absolute atomic E-state index is 12.5. The Morgan fingerprint density at radius 3 is 2.45 bits per heavy atom. The topological polar surface area (TPSA) is 34.0 Å². The van der Waals surface area contributed by atoms with E-state index in [-0.39, 0.29) is 5.91 Å². The molecule has 0 bridgehead atoms. The van der Waals surface area contributed by atoms with Crippen molar-refractivity contribution in [2.75, 3.05) is 5.32 Å². The standard InChI is InChI=1S/C16H11Cl3N2O/c1-21-14-8-11(18)3-2-9(14)6-15(21)16(22)20-13-7-10(17)4-5-12(13)19/h2-8H,1H3,(H,20,22). The number of benzene rings is 2. The van der Waals surface area contributed by atoms with Crippen LogP contribution < -0.4 is 5.32 Å². The third kappa shape index (κ3) is 2.80. The van der Waals surface area contributed by atoms with Gasteiger partial charge in [-0.25, -0.2) is 0 Å². The Kier molecular flexibility index (Phi) is 4.04. The van der Waals surface area contributed by atoms with Crippen molar-refractivity contribution in [3.05, 3.63) is 63.2 Å². The van der Waals surface area contributed by atoms with Gasteiger partial charge in [0, 0.05) is 28.0 Å². The Labute approximate surface area is 142 Å². The number of nitrogens with one attached hydrogen (secondary N) is 1. The fourth-order valence-corrected chi connectivity index (χ4v) is 2.80. The van der Waals surface area contributed by atoms with Crippen LogP contribution in [0.5, 0.6) is 0 Å². The summed E-state index contributed by atoms with van der Waals surface area (Å²) in [6, 6.07) is 12.2. The Bertz CT molecular complexity index is 886. The van der Waals surface area contributed by atoms with Gasteiger partial charge >= 0.3 is 0 Å². The predicted octanol–water partition coefficient (Wildman–Crippen LogP) is 5.39. The third-order valence-electron chi connectivity index (χ3n) is 3.42. The highest BCUT2D eigenvalue weighted by Crippen LogP contribution is 2.27. The van der Waals surface area contributed by atoms with Gasteiger partial charge in [0.2, 0.25) is 0 Å². The van der Waals surface area contributed by atoms with Gasteiger partial charge < -0.3 is 9.88 Å². The molecule has 0 fully saturated rings. The first-order chi connectivity index (χ1) is 10.5. The lowest BCUT2D eigenvalue weighted by atomic mass is 10.2. The number of hydrogen-bond donors (Lipinski definition) is 1. The summed E-state index contributed by atoms with van der Waals surface area (Å²) in [6.45, 7) is 0. The molecule has 1 aromatic heterocycles. The van der Waals surface area contributed by atoms with Crippen LogP contribution in [0.3, 0.4) is 0 Å². The van der Waals surface area contributed by atoms with Gasteiger partial charge in [-0.15, -0.1) is 0 Å². The average Bonchev–Trinajstić information content (AvgIpc) is 2.80. The van der Waals surface area contributed by atoms with Crippen molar-refractivity contribution < 1.29 is 4.79 Å². The lowest BCUT2D eigenvalue weighted by Gasteiger charge is -2.08. The molecular formula is C16H11Cl3N2O. The van der Waals surface area contributed by atoms with E-state index in [0.29, 0.717) is 26.4 Å². The molecule has 1 amide bonds. The van der Waals surface area contributed by atoms with E-state index in [4.69, 9.17) is 34.8 Å². The summed E-state index contributed by atoms with van der Waals surface area (Å²) in [5, 5.41) is 5.27. The molecule has 3 aromatic rings. The summed E-state index contributed by atoms with van der Waals surface area (Å²) in [5.41, 5.74) is 1.87. The molecule has 3 rings (SSSR count). The zero-order chi connectivity index (χ0) is 15.9. The highest BCUT2D eigenvalue weighted by atomic mass is 35.5. The molecule has 0 aliphatic rings. The minimum absolute atomic E-state index is 0.265. The van der Waals surface area contributed by atoms with E-state index >= 15 is 0 Å². The Morgan fingerprint density at radius 1 is 1.00 bits per heavy atom. The lowest BCUT2D eigenvalue weighted by Crippen LogP contribution is -2.15. The number of carbonyl (C=O) groups is 1.